The second-order valence-corrected chi connectivity index (χ2v) is 11.1. The van der Waals surface area contributed by atoms with Gasteiger partial charge in [-0.3, -0.25) is 4.79 Å². The van der Waals surface area contributed by atoms with Crippen LogP contribution in [0.4, 0.5) is 11.4 Å². The number of rotatable bonds is 9. The molecule has 1 heterocycles. The van der Waals surface area contributed by atoms with Crippen molar-refractivity contribution >= 4 is 17.3 Å². The SMILES string of the molecule is CCC(Oc1ccc(C(C)(C)CC)cc1C(C)(C)CC)C(=O)N1CCN(c2ccccc2[N+]#N)CC1. The predicted molar refractivity (Wildman–Crippen MR) is 148 cm³/mol. The fourth-order valence-electron chi connectivity index (χ4n) is 4.63. The Balaban J connectivity index is 1.78. The second kappa shape index (κ2) is 11.3. The van der Waals surface area contributed by atoms with Crippen molar-refractivity contribution < 1.29 is 9.53 Å². The number of diazo groups is 1. The smallest absolute Gasteiger partial charge is 0.408 e. The van der Waals surface area contributed by atoms with Gasteiger partial charge in [-0.1, -0.05) is 72.7 Å². The molecule has 6 heteroatoms. The fraction of sp³-hybridized carbons (Fsp3) is 0.567. The summed E-state index contributed by atoms with van der Waals surface area (Å²) in [4.78, 5) is 21.0. The molecular weight excluding hydrogens is 448 g/mol. The van der Waals surface area contributed by atoms with Gasteiger partial charge in [-0.05, 0) is 47.8 Å². The van der Waals surface area contributed by atoms with Crippen molar-refractivity contribution in [3.05, 3.63) is 58.6 Å². The number of amides is 1. The normalized spacial score (nSPS) is 15.4. The molecule has 0 spiro atoms. The van der Waals surface area contributed by atoms with Crippen molar-refractivity contribution in [3.8, 4) is 5.75 Å². The van der Waals surface area contributed by atoms with Crippen LogP contribution < -0.4 is 9.64 Å². The zero-order chi connectivity index (χ0) is 26.5. The van der Waals surface area contributed by atoms with Crippen LogP contribution in [-0.2, 0) is 15.6 Å². The first-order valence-electron chi connectivity index (χ1n) is 13.4. The van der Waals surface area contributed by atoms with Gasteiger partial charge in [0, 0.05) is 37.8 Å². The zero-order valence-electron chi connectivity index (χ0n) is 23.2. The number of piperazine rings is 1. The molecule has 0 N–H and O–H groups in total. The maximum Gasteiger partial charge on any atom is 0.408 e. The summed E-state index contributed by atoms with van der Waals surface area (Å²) in [5.41, 5.74) is 3.93. The molecule has 1 unspecified atom stereocenters. The van der Waals surface area contributed by atoms with Crippen molar-refractivity contribution in [1.29, 1.82) is 5.39 Å². The van der Waals surface area contributed by atoms with Crippen LogP contribution in [0.2, 0.25) is 0 Å². The van der Waals surface area contributed by atoms with Crippen LogP contribution >= 0.6 is 0 Å². The summed E-state index contributed by atoms with van der Waals surface area (Å²) in [5.74, 6) is 0.852. The van der Waals surface area contributed by atoms with Crippen LogP contribution in [0, 0.1) is 5.39 Å². The predicted octanol–water partition coefficient (Wildman–Crippen LogP) is 7.05. The summed E-state index contributed by atoms with van der Waals surface area (Å²) < 4.78 is 6.49. The minimum absolute atomic E-state index is 0.0375. The molecule has 0 saturated carbocycles. The molecule has 1 fully saturated rings. The van der Waals surface area contributed by atoms with Crippen molar-refractivity contribution in [3.63, 3.8) is 0 Å². The summed E-state index contributed by atoms with van der Waals surface area (Å²) in [6.45, 7) is 18.1. The van der Waals surface area contributed by atoms with E-state index in [2.05, 4.69) is 69.6 Å². The van der Waals surface area contributed by atoms with Gasteiger partial charge < -0.3 is 14.5 Å². The molecule has 6 nitrogen and oxygen atoms in total. The number of hydrogen-bond donors (Lipinski definition) is 0. The van der Waals surface area contributed by atoms with E-state index in [9.17, 15) is 10.2 Å². The molecule has 3 rings (SSSR count). The third-order valence-corrected chi connectivity index (χ3v) is 8.09. The molecule has 36 heavy (non-hydrogen) atoms. The largest absolute Gasteiger partial charge is 0.480 e. The molecule has 1 aliphatic rings. The first-order chi connectivity index (χ1) is 17.1. The molecule has 0 bridgehead atoms. The summed E-state index contributed by atoms with van der Waals surface area (Å²) in [7, 11) is 0. The van der Waals surface area contributed by atoms with Gasteiger partial charge in [0.05, 0.1) is 0 Å². The Morgan fingerprint density at radius 2 is 1.61 bits per heavy atom. The summed E-state index contributed by atoms with van der Waals surface area (Å²) >= 11 is 0. The number of nitrogens with zero attached hydrogens (tertiary/aromatic N) is 4. The number of para-hydroxylation sites is 1. The van der Waals surface area contributed by atoms with Gasteiger partial charge in [-0.2, -0.15) is 0 Å². The van der Waals surface area contributed by atoms with Crippen LogP contribution in [0.3, 0.4) is 0 Å². The average Bonchev–Trinajstić information content (AvgIpc) is 2.91. The molecule has 0 aliphatic carbocycles. The van der Waals surface area contributed by atoms with E-state index in [0.29, 0.717) is 38.3 Å². The highest BCUT2D eigenvalue weighted by Gasteiger charge is 2.32. The van der Waals surface area contributed by atoms with Gasteiger partial charge in [0.2, 0.25) is 5.39 Å². The molecule has 2 aromatic carbocycles. The number of benzene rings is 2. The van der Waals surface area contributed by atoms with Crippen molar-refractivity contribution in [1.82, 2.24) is 4.90 Å². The number of carbonyl (C=O) groups is 1. The first kappa shape index (κ1) is 27.5. The van der Waals surface area contributed by atoms with Gasteiger partial charge in [-0.25, -0.2) is 0 Å². The highest BCUT2D eigenvalue weighted by Crippen LogP contribution is 2.39. The third-order valence-electron chi connectivity index (χ3n) is 8.09. The van der Waals surface area contributed by atoms with Crippen molar-refractivity contribution in [2.24, 2.45) is 0 Å². The van der Waals surface area contributed by atoms with E-state index in [1.807, 2.05) is 30.0 Å². The van der Waals surface area contributed by atoms with E-state index in [1.165, 1.54) is 11.1 Å². The summed E-state index contributed by atoms with van der Waals surface area (Å²) in [6, 6.07) is 14.1. The minimum atomic E-state index is -0.521. The quantitative estimate of drug-likeness (QED) is 0.353. The first-order valence-corrected chi connectivity index (χ1v) is 13.4. The van der Waals surface area contributed by atoms with Crippen LogP contribution in [-0.4, -0.2) is 43.1 Å². The van der Waals surface area contributed by atoms with E-state index < -0.39 is 6.10 Å². The van der Waals surface area contributed by atoms with Gasteiger partial charge in [0.25, 0.3) is 5.91 Å². The highest BCUT2D eigenvalue weighted by atomic mass is 16.5. The van der Waals surface area contributed by atoms with Crippen molar-refractivity contribution in [2.75, 3.05) is 31.1 Å². The highest BCUT2D eigenvalue weighted by molar-refractivity contribution is 5.82. The summed E-state index contributed by atoms with van der Waals surface area (Å²) in [6.07, 6.45) is 2.12. The van der Waals surface area contributed by atoms with Gasteiger partial charge in [0.15, 0.2) is 11.1 Å². The lowest BCUT2D eigenvalue weighted by molar-refractivity contribution is -0.139. The zero-order valence-corrected chi connectivity index (χ0v) is 23.2. The molecule has 194 valence electrons. The molecule has 2 aromatic rings. The van der Waals surface area contributed by atoms with E-state index in [-0.39, 0.29) is 16.7 Å². The molecule has 1 amide bonds. The number of ether oxygens (including phenoxy) is 1. The lowest BCUT2D eigenvalue weighted by Gasteiger charge is -2.37. The molecule has 0 radical (unpaired) electrons. The molecular formula is C30H43N4O2+. The number of hydrogen-bond acceptors (Lipinski definition) is 4. The lowest BCUT2D eigenvalue weighted by atomic mass is 9.76. The van der Waals surface area contributed by atoms with Crippen molar-refractivity contribution in [2.45, 2.75) is 84.7 Å². The maximum atomic E-state index is 13.5. The fourth-order valence-corrected chi connectivity index (χ4v) is 4.63. The van der Waals surface area contributed by atoms with E-state index in [1.54, 1.807) is 6.07 Å². The van der Waals surface area contributed by atoms with Gasteiger partial charge in [0.1, 0.15) is 11.4 Å². The Bertz CT molecular complexity index is 1090. The topological polar surface area (TPSA) is 60.9 Å². The Labute approximate surface area is 217 Å². The Hall–Kier alpha value is -3.07. The van der Waals surface area contributed by atoms with E-state index in [0.717, 1.165) is 24.3 Å². The lowest BCUT2D eigenvalue weighted by Crippen LogP contribution is -2.52. The third kappa shape index (κ3) is 5.83. The Morgan fingerprint density at radius 3 is 2.19 bits per heavy atom. The van der Waals surface area contributed by atoms with E-state index in [4.69, 9.17) is 4.74 Å². The molecule has 1 aliphatic heterocycles. The van der Waals surface area contributed by atoms with Crippen LogP contribution in [0.5, 0.6) is 5.75 Å². The summed E-state index contributed by atoms with van der Waals surface area (Å²) in [5, 5.41) is 9.32. The number of anilines is 1. The molecule has 1 atom stereocenters. The second-order valence-electron chi connectivity index (χ2n) is 11.1. The van der Waals surface area contributed by atoms with E-state index >= 15 is 0 Å². The molecule has 0 aromatic heterocycles. The van der Waals surface area contributed by atoms with Crippen LogP contribution in [0.25, 0.3) is 4.98 Å². The average molecular weight is 492 g/mol. The standard InChI is InChI=1S/C30H43N4O2/c1-8-26(28(35)34-19-17-33(18-20-34)25-14-12-11-13-24(25)32-31)36-27-16-15-22(29(4,5)9-2)21-23(27)30(6,7)10-3/h11-16,21,26H,8-10,17-20H2,1-7H3/q+1. The van der Waals surface area contributed by atoms with Gasteiger partial charge in [-0.15, -0.1) is 0 Å². The number of carbonyl (C=O) groups excluding carboxylic acids is 1. The van der Waals surface area contributed by atoms with Crippen LogP contribution in [0.1, 0.15) is 78.9 Å². The van der Waals surface area contributed by atoms with Crippen LogP contribution in [0.15, 0.2) is 42.5 Å². The monoisotopic (exact) mass is 491 g/mol. The Kier molecular flexibility index (Phi) is 8.66. The van der Waals surface area contributed by atoms with Gasteiger partial charge >= 0.3 is 5.69 Å². The Morgan fingerprint density at radius 1 is 0.972 bits per heavy atom. The minimum Gasteiger partial charge on any atom is -0.480 e. The molecule has 1 saturated heterocycles. The maximum absolute atomic E-state index is 13.5.